The molecule has 21 heavy (non-hydrogen) atoms. The van der Waals surface area contributed by atoms with E-state index in [1.54, 1.807) is 11.3 Å². The number of thiophene rings is 1. The van der Waals surface area contributed by atoms with E-state index in [0.29, 0.717) is 11.8 Å². The van der Waals surface area contributed by atoms with Gasteiger partial charge in [0.05, 0.1) is 10.4 Å². The van der Waals surface area contributed by atoms with Crippen LogP contribution in [-0.4, -0.2) is 17.3 Å². The van der Waals surface area contributed by atoms with Gasteiger partial charge in [-0.1, -0.05) is 19.8 Å². The van der Waals surface area contributed by atoms with Crippen LogP contribution in [0, 0.1) is 5.92 Å². The van der Waals surface area contributed by atoms with Gasteiger partial charge in [-0.3, -0.25) is 4.79 Å². The summed E-state index contributed by atoms with van der Waals surface area (Å²) in [6.07, 6.45) is 9.23. The lowest BCUT2D eigenvalue weighted by molar-refractivity contribution is 0.0871. The molecule has 0 bridgehead atoms. The van der Waals surface area contributed by atoms with Crippen LogP contribution in [0.15, 0.2) is 6.07 Å². The van der Waals surface area contributed by atoms with Crippen molar-refractivity contribution in [1.29, 1.82) is 0 Å². The minimum absolute atomic E-state index is 0.0872. The Labute approximate surface area is 136 Å². The van der Waals surface area contributed by atoms with Crippen LogP contribution >= 0.6 is 22.9 Å². The predicted molar refractivity (Wildman–Crippen MR) is 89.5 cm³/mol. The van der Waals surface area contributed by atoms with Gasteiger partial charge in [-0.05, 0) is 56.1 Å². The summed E-state index contributed by atoms with van der Waals surface area (Å²) in [4.78, 5) is 14.9. The van der Waals surface area contributed by atoms with Gasteiger partial charge in [0.2, 0.25) is 0 Å². The topological polar surface area (TPSA) is 29.1 Å². The van der Waals surface area contributed by atoms with E-state index in [1.807, 2.05) is 0 Å². The average Bonchev–Trinajstić information content (AvgIpc) is 2.91. The van der Waals surface area contributed by atoms with Gasteiger partial charge in [0.1, 0.15) is 0 Å². The lowest BCUT2D eigenvalue weighted by Gasteiger charge is -2.39. The number of carbonyl (C=O) groups is 1. The molecule has 1 fully saturated rings. The summed E-state index contributed by atoms with van der Waals surface area (Å²) in [6.45, 7) is 2.26. The van der Waals surface area contributed by atoms with E-state index < -0.39 is 0 Å². The van der Waals surface area contributed by atoms with Gasteiger partial charge >= 0.3 is 0 Å². The van der Waals surface area contributed by atoms with Crippen molar-refractivity contribution in [3.63, 3.8) is 0 Å². The van der Waals surface area contributed by atoms with Crippen LogP contribution in [0.3, 0.4) is 0 Å². The van der Waals surface area contributed by atoms with Crippen LogP contribution < -0.4 is 5.32 Å². The van der Waals surface area contributed by atoms with Crippen molar-refractivity contribution in [2.75, 3.05) is 5.88 Å². The summed E-state index contributed by atoms with van der Waals surface area (Å²) in [5.41, 5.74) is 1.20. The second-order valence-electron chi connectivity index (χ2n) is 6.84. The third kappa shape index (κ3) is 3.29. The molecule has 1 N–H and O–H groups in total. The molecule has 0 saturated heterocycles. The summed E-state index contributed by atoms with van der Waals surface area (Å²) in [6, 6.07) is 2.11. The zero-order valence-corrected chi connectivity index (χ0v) is 14.3. The Bertz CT molecular complexity index is 503. The van der Waals surface area contributed by atoms with E-state index >= 15 is 0 Å². The van der Waals surface area contributed by atoms with Crippen molar-refractivity contribution in [3.8, 4) is 0 Å². The summed E-state index contributed by atoms with van der Waals surface area (Å²) < 4.78 is 0. The molecule has 116 valence electrons. The lowest BCUT2D eigenvalue weighted by Crippen LogP contribution is -2.52. The van der Waals surface area contributed by atoms with Gasteiger partial charge in [-0.2, -0.15) is 0 Å². The quantitative estimate of drug-likeness (QED) is 0.812. The number of hydrogen-bond donors (Lipinski definition) is 1. The van der Waals surface area contributed by atoms with Crippen molar-refractivity contribution in [2.24, 2.45) is 5.92 Å². The first kappa shape index (κ1) is 15.4. The van der Waals surface area contributed by atoms with E-state index in [-0.39, 0.29) is 11.4 Å². The highest BCUT2D eigenvalue weighted by Crippen LogP contribution is 2.35. The fourth-order valence-electron chi connectivity index (χ4n) is 3.83. The van der Waals surface area contributed by atoms with Crippen molar-refractivity contribution in [1.82, 2.24) is 5.32 Å². The Kier molecular flexibility index (Phi) is 4.60. The Morgan fingerprint density at radius 2 is 2.24 bits per heavy atom. The molecule has 4 heteroatoms. The van der Waals surface area contributed by atoms with Gasteiger partial charge in [0.25, 0.3) is 5.91 Å². The SMILES string of the molecule is CC1CCCC(CCl)(NC(=O)c2cc3c(s2)CCCC3)C1. The number of fused-ring (bicyclic) bond motifs is 1. The van der Waals surface area contributed by atoms with E-state index in [1.165, 1.54) is 29.7 Å². The van der Waals surface area contributed by atoms with Gasteiger partial charge in [-0.25, -0.2) is 0 Å². The van der Waals surface area contributed by atoms with Gasteiger partial charge in [0.15, 0.2) is 0 Å². The Balaban J connectivity index is 1.74. The molecule has 0 spiro atoms. The Morgan fingerprint density at radius 1 is 1.43 bits per heavy atom. The highest BCUT2D eigenvalue weighted by molar-refractivity contribution is 7.14. The van der Waals surface area contributed by atoms with Crippen molar-refractivity contribution >= 4 is 28.8 Å². The summed E-state index contributed by atoms with van der Waals surface area (Å²) in [5, 5.41) is 3.28. The number of halogens is 1. The molecule has 2 unspecified atom stereocenters. The number of nitrogens with one attached hydrogen (secondary N) is 1. The van der Waals surface area contributed by atoms with Crippen LogP contribution in [0.4, 0.5) is 0 Å². The molecule has 1 saturated carbocycles. The zero-order valence-electron chi connectivity index (χ0n) is 12.7. The van der Waals surface area contributed by atoms with Crippen molar-refractivity contribution in [2.45, 2.75) is 63.8 Å². The first-order valence-electron chi connectivity index (χ1n) is 8.12. The maximum Gasteiger partial charge on any atom is 0.261 e. The molecular weight excluding hydrogens is 302 g/mol. The third-order valence-electron chi connectivity index (χ3n) is 4.95. The molecule has 2 atom stereocenters. The highest BCUT2D eigenvalue weighted by atomic mass is 35.5. The number of amides is 1. The molecule has 1 heterocycles. The smallest absolute Gasteiger partial charge is 0.261 e. The number of alkyl halides is 1. The molecule has 2 nitrogen and oxygen atoms in total. The standard InChI is InChI=1S/C17H24ClNOS/c1-12-5-4-8-17(10-12,11-18)19-16(20)15-9-13-6-2-3-7-14(13)21-15/h9,12H,2-8,10-11H2,1H3,(H,19,20). The molecule has 0 aromatic carbocycles. The monoisotopic (exact) mass is 325 g/mol. The van der Waals surface area contributed by atoms with E-state index in [0.717, 1.165) is 37.0 Å². The second-order valence-corrected chi connectivity index (χ2v) is 8.24. The fraction of sp³-hybridized carbons (Fsp3) is 0.706. The molecule has 1 aromatic rings. The van der Waals surface area contributed by atoms with E-state index in [2.05, 4.69) is 18.3 Å². The summed E-state index contributed by atoms with van der Waals surface area (Å²) in [5.74, 6) is 1.26. The number of carbonyl (C=O) groups excluding carboxylic acids is 1. The maximum absolute atomic E-state index is 12.6. The van der Waals surface area contributed by atoms with Crippen LogP contribution in [0.5, 0.6) is 0 Å². The van der Waals surface area contributed by atoms with Crippen LogP contribution in [0.2, 0.25) is 0 Å². The maximum atomic E-state index is 12.6. The average molecular weight is 326 g/mol. The fourth-order valence-corrected chi connectivity index (χ4v) is 5.29. The minimum atomic E-state index is -0.194. The van der Waals surface area contributed by atoms with Gasteiger partial charge in [-0.15, -0.1) is 22.9 Å². The number of rotatable bonds is 3. The van der Waals surface area contributed by atoms with Gasteiger partial charge in [0, 0.05) is 10.8 Å². The van der Waals surface area contributed by atoms with Crippen molar-refractivity contribution in [3.05, 3.63) is 21.4 Å². The zero-order chi connectivity index (χ0) is 14.9. The Hall–Kier alpha value is -0.540. The molecule has 2 aliphatic rings. The highest BCUT2D eigenvalue weighted by Gasteiger charge is 2.36. The third-order valence-corrected chi connectivity index (χ3v) is 6.69. The lowest BCUT2D eigenvalue weighted by atomic mass is 9.77. The van der Waals surface area contributed by atoms with Crippen molar-refractivity contribution < 1.29 is 4.79 Å². The largest absolute Gasteiger partial charge is 0.345 e. The molecule has 2 aliphatic carbocycles. The normalized spacial score (nSPS) is 29.0. The minimum Gasteiger partial charge on any atom is -0.345 e. The first-order chi connectivity index (χ1) is 10.1. The molecule has 0 radical (unpaired) electrons. The summed E-state index contributed by atoms with van der Waals surface area (Å²) in [7, 11) is 0. The molecular formula is C17H24ClNOS. The van der Waals surface area contributed by atoms with Gasteiger partial charge < -0.3 is 5.32 Å². The molecule has 0 aliphatic heterocycles. The van der Waals surface area contributed by atoms with Crippen LogP contribution in [0.1, 0.15) is 65.6 Å². The predicted octanol–water partition coefficient (Wildman–Crippen LogP) is 4.54. The van der Waals surface area contributed by atoms with E-state index in [9.17, 15) is 4.79 Å². The van der Waals surface area contributed by atoms with Crippen LogP contribution in [0.25, 0.3) is 0 Å². The first-order valence-corrected chi connectivity index (χ1v) is 9.47. The number of aryl methyl sites for hydroxylation is 2. The summed E-state index contributed by atoms with van der Waals surface area (Å²) >= 11 is 7.91. The molecule has 1 amide bonds. The van der Waals surface area contributed by atoms with Crippen LogP contribution in [-0.2, 0) is 12.8 Å². The second kappa shape index (κ2) is 6.29. The van der Waals surface area contributed by atoms with E-state index in [4.69, 9.17) is 11.6 Å². The number of hydrogen-bond acceptors (Lipinski definition) is 2. The molecule has 3 rings (SSSR count). The Morgan fingerprint density at radius 3 is 2.95 bits per heavy atom. The molecule has 1 aromatic heterocycles.